The Morgan fingerprint density at radius 3 is 2.93 bits per heavy atom. The number of nitrogens with one attached hydrogen (secondary N) is 1. The average molecular weight is 410 g/mol. The summed E-state index contributed by atoms with van der Waals surface area (Å²) in [4.78, 5) is 23.8. The van der Waals surface area contributed by atoms with Gasteiger partial charge in [-0.1, -0.05) is 17.7 Å². The number of imidazole rings is 1. The van der Waals surface area contributed by atoms with Gasteiger partial charge in [-0.05, 0) is 37.4 Å². The fourth-order valence-corrected chi connectivity index (χ4v) is 4.13. The summed E-state index contributed by atoms with van der Waals surface area (Å²) in [6, 6.07) is 8.21. The summed E-state index contributed by atoms with van der Waals surface area (Å²) in [7, 11) is 0. The molecule has 1 unspecified atom stereocenters. The highest BCUT2D eigenvalue weighted by Gasteiger charge is 2.18. The molecule has 7 nitrogen and oxygen atoms in total. The van der Waals surface area contributed by atoms with E-state index in [0.717, 1.165) is 30.7 Å². The van der Waals surface area contributed by atoms with Crippen molar-refractivity contribution in [3.05, 3.63) is 57.9 Å². The molecule has 1 saturated heterocycles. The second-order valence-corrected chi connectivity index (χ2v) is 7.86. The smallest absolute Gasteiger partial charge is 0.344 e. The van der Waals surface area contributed by atoms with E-state index in [2.05, 4.69) is 33.2 Å². The first-order valence-electron chi connectivity index (χ1n) is 9.56. The van der Waals surface area contributed by atoms with E-state index >= 15 is 0 Å². The summed E-state index contributed by atoms with van der Waals surface area (Å²) in [5, 5.41) is 5.21. The van der Waals surface area contributed by atoms with Gasteiger partial charge in [0.2, 0.25) is 0 Å². The zero-order valence-corrected chi connectivity index (χ0v) is 16.9. The van der Waals surface area contributed by atoms with Crippen molar-refractivity contribution in [1.29, 1.82) is 0 Å². The van der Waals surface area contributed by atoms with Crippen LogP contribution in [0.3, 0.4) is 0 Å². The van der Waals surface area contributed by atoms with Crippen LogP contribution in [0.4, 0.5) is 5.69 Å². The minimum absolute atomic E-state index is 0.368. The minimum Gasteiger partial charge on any atom is -0.421 e. The molecular formula is C21H20ClN5O2. The molecule has 4 heterocycles. The topological polar surface area (TPSA) is 75.7 Å². The molecule has 29 heavy (non-hydrogen) atoms. The molecule has 8 heteroatoms. The van der Waals surface area contributed by atoms with E-state index in [4.69, 9.17) is 16.0 Å². The molecule has 0 radical (unpaired) electrons. The Bertz CT molecular complexity index is 1300. The molecule has 1 aliphatic heterocycles. The lowest BCUT2D eigenvalue weighted by atomic mass is 10.1. The number of aryl methyl sites for hydroxylation is 1. The van der Waals surface area contributed by atoms with Crippen LogP contribution >= 0.6 is 11.6 Å². The Hall–Kier alpha value is -2.90. The molecule has 148 valence electrons. The zero-order chi connectivity index (χ0) is 20.1. The van der Waals surface area contributed by atoms with E-state index in [9.17, 15) is 4.79 Å². The normalized spacial score (nSPS) is 17.3. The summed E-state index contributed by atoms with van der Waals surface area (Å²) in [5.74, 6) is 0.422. The fourth-order valence-electron chi connectivity index (χ4n) is 3.89. The first-order chi connectivity index (χ1) is 14.0. The molecule has 1 aliphatic rings. The third kappa shape index (κ3) is 3.26. The third-order valence-electron chi connectivity index (χ3n) is 5.31. The summed E-state index contributed by atoms with van der Waals surface area (Å²) in [6.45, 7) is 6.75. The molecule has 0 spiro atoms. The fraction of sp³-hybridized carbons (Fsp3) is 0.286. The monoisotopic (exact) mass is 409 g/mol. The predicted octanol–water partition coefficient (Wildman–Crippen LogP) is 3.26. The summed E-state index contributed by atoms with van der Waals surface area (Å²) < 4.78 is 7.41. The van der Waals surface area contributed by atoms with Crippen molar-refractivity contribution >= 4 is 33.7 Å². The van der Waals surface area contributed by atoms with Crippen LogP contribution in [-0.4, -0.2) is 40.0 Å². The van der Waals surface area contributed by atoms with Gasteiger partial charge in [0.25, 0.3) is 0 Å². The van der Waals surface area contributed by atoms with E-state index in [1.54, 1.807) is 16.8 Å². The number of fused-ring (bicyclic) bond motifs is 2. The lowest BCUT2D eigenvalue weighted by Gasteiger charge is -2.33. The van der Waals surface area contributed by atoms with Gasteiger partial charge in [0.15, 0.2) is 11.4 Å². The zero-order valence-electron chi connectivity index (χ0n) is 16.1. The molecule has 1 aromatic carbocycles. The molecule has 4 aromatic rings. The van der Waals surface area contributed by atoms with Crippen molar-refractivity contribution in [3.8, 4) is 11.5 Å². The maximum atomic E-state index is 12.7. The number of benzene rings is 1. The van der Waals surface area contributed by atoms with Crippen LogP contribution in [0.15, 0.2) is 45.9 Å². The van der Waals surface area contributed by atoms with E-state index < -0.39 is 0 Å². The van der Waals surface area contributed by atoms with Crippen LogP contribution in [0.1, 0.15) is 12.6 Å². The maximum Gasteiger partial charge on any atom is 0.344 e. The average Bonchev–Trinajstić information content (AvgIpc) is 3.12. The number of halogens is 1. The molecule has 3 aromatic heterocycles. The van der Waals surface area contributed by atoms with Gasteiger partial charge in [0.1, 0.15) is 10.8 Å². The quantitative estimate of drug-likeness (QED) is 0.547. The first kappa shape index (κ1) is 18.1. The maximum absolute atomic E-state index is 12.7. The lowest BCUT2D eigenvalue weighted by molar-refractivity contribution is 0.485. The van der Waals surface area contributed by atoms with Crippen LogP contribution in [-0.2, 0) is 0 Å². The van der Waals surface area contributed by atoms with Crippen LogP contribution in [0.25, 0.3) is 27.9 Å². The molecule has 1 fully saturated rings. The molecule has 0 amide bonds. The van der Waals surface area contributed by atoms with Gasteiger partial charge in [0, 0.05) is 43.8 Å². The van der Waals surface area contributed by atoms with E-state index in [-0.39, 0.29) is 5.63 Å². The Kier molecular flexibility index (Phi) is 4.29. The summed E-state index contributed by atoms with van der Waals surface area (Å²) >= 11 is 6.03. The molecule has 0 saturated carbocycles. The largest absolute Gasteiger partial charge is 0.421 e. The van der Waals surface area contributed by atoms with Crippen molar-refractivity contribution in [2.45, 2.75) is 19.9 Å². The predicted molar refractivity (Wildman–Crippen MR) is 114 cm³/mol. The molecule has 0 bridgehead atoms. The molecular weight excluding hydrogens is 390 g/mol. The van der Waals surface area contributed by atoms with Crippen molar-refractivity contribution in [3.63, 3.8) is 0 Å². The van der Waals surface area contributed by atoms with Crippen LogP contribution in [0, 0.1) is 6.92 Å². The van der Waals surface area contributed by atoms with Gasteiger partial charge < -0.3 is 19.0 Å². The molecule has 0 aliphatic carbocycles. The highest BCUT2D eigenvalue weighted by molar-refractivity contribution is 6.29. The van der Waals surface area contributed by atoms with Gasteiger partial charge in [0.05, 0.1) is 11.1 Å². The first-order valence-corrected chi connectivity index (χ1v) is 9.94. The van der Waals surface area contributed by atoms with Gasteiger partial charge in [-0.15, -0.1) is 0 Å². The van der Waals surface area contributed by atoms with Gasteiger partial charge in [-0.3, -0.25) is 0 Å². The van der Waals surface area contributed by atoms with Crippen LogP contribution in [0.2, 0.25) is 5.15 Å². The summed E-state index contributed by atoms with van der Waals surface area (Å²) in [6.07, 6.45) is 3.47. The number of piperazine rings is 1. The van der Waals surface area contributed by atoms with Crippen LogP contribution < -0.4 is 15.8 Å². The lowest BCUT2D eigenvalue weighted by Crippen LogP contribution is -2.49. The Morgan fingerprint density at radius 1 is 1.24 bits per heavy atom. The van der Waals surface area contributed by atoms with Gasteiger partial charge in [-0.25, -0.2) is 14.8 Å². The SMILES string of the molecule is Cc1nc(Cl)cn2cc(-c3cc4ccc(N5CCNC(C)C5)cc4c(=O)o3)nc12. The van der Waals surface area contributed by atoms with E-state index in [1.807, 2.05) is 25.1 Å². The van der Waals surface area contributed by atoms with Crippen molar-refractivity contribution in [1.82, 2.24) is 19.7 Å². The number of aromatic nitrogens is 3. The second kappa shape index (κ2) is 6.86. The second-order valence-electron chi connectivity index (χ2n) is 7.48. The number of hydrogen-bond acceptors (Lipinski definition) is 6. The number of hydrogen-bond donors (Lipinski definition) is 1. The van der Waals surface area contributed by atoms with Crippen molar-refractivity contribution < 1.29 is 4.42 Å². The number of rotatable bonds is 2. The molecule has 1 N–H and O–H groups in total. The third-order valence-corrected chi connectivity index (χ3v) is 5.49. The highest BCUT2D eigenvalue weighted by atomic mass is 35.5. The van der Waals surface area contributed by atoms with E-state index in [1.165, 1.54) is 0 Å². The molecule has 5 rings (SSSR count). The number of anilines is 1. The van der Waals surface area contributed by atoms with E-state index in [0.29, 0.717) is 39.4 Å². The standard InChI is InChI=1S/C21H20ClN5O2/c1-12-9-26(6-5-23-12)15-4-3-14-7-18(29-21(28)16(14)8-15)17-10-27-11-19(22)24-13(2)20(27)25-17/h3-4,7-8,10-12,23H,5-6,9H2,1-2H3. The van der Waals surface area contributed by atoms with Gasteiger partial charge >= 0.3 is 5.63 Å². The molecule has 1 atom stereocenters. The van der Waals surface area contributed by atoms with Crippen LogP contribution in [0.5, 0.6) is 0 Å². The van der Waals surface area contributed by atoms with Crippen molar-refractivity contribution in [2.24, 2.45) is 0 Å². The number of nitrogens with zero attached hydrogens (tertiary/aromatic N) is 4. The summed E-state index contributed by atoms with van der Waals surface area (Å²) in [5.41, 5.74) is 2.62. The Balaban J connectivity index is 1.57. The van der Waals surface area contributed by atoms with Gasteiger partial charge in [-0.2, -0.15) is 0 Å². The Morgan fingerprint density at radius 2 is 2.10 bits per heavy atom. The minimum atomic E-state index is -0.368. The van der Waals surface area contributed by atoms with Crippen molar-refractivity contribution in [2.75, 3.05) is 24.5 Å². The Labute approximate surface area is 171 Å². The highest BCUT2D eigenvalue weighted by Crippen LogP contribution is 2.26.